The predicted octanol–water partition coefficient (Wildman–Crippen LogP) is 5.33. The van der Waals surface area contributed by atoms with Crippen LogP contribution in [-0.4, -0.2) is 13.1 Å². The maximum Gasteiger partial charge on any atom is 0.000834 e. The van der Waals surface area contributed by atoms with E-state index < -0.39 is 0 Å². The van der Waals surface area contributed by atoms with Crippen LogP contribution in [-0.2, 0) is 11.8 Å². The SMILES string of the molecule is CCCNCC(C)(CCC)Cc1ccc(C(C)(C)C)cc1. The molecular weight excluding hydrogens is 254 g/mol. The smallest absolute Gasteiger partial charge is 0.000834 e. The van der Waals surface area contributed by atoms with Crippen LogP contribution in [0.25, 0.3) is 0 Å². The summed E-state index contributed by atoms with van der Waals surface area (Å²) in [6.45, 7) is 16.0. The summed E-state index contributed by atoms with van der Waals surface area (Å²) in [7, 11) is 0. The number of nitrogens with one attached hydrogen (secondary N) is 1. The van der Waals surface area contributed by atoms with Gasteiger partial charge in [-0.1, -0.05) is 72.2 Å². The molecule has 1 N–H and O–H groups in total. The first-order valence-electron chi connectivity index (χ1n) is 8.61. The third-order valence-corrected chi connectivity index (χ3v) is 4.28. The van der Waals surface area contributed by atoms with E-state index in [4.69, 9.17) is 0 Å². The average molecular weight is 290 g/mol. The summed E-state index contributed by atoms with van der Waals surface area (Å²) in [6, 6.07) is 9.27. The molecule has 1 rings (SSSR count). The maximum absolute atomic E-state index is 3.62. The average Bonchev–Trinajstić information content (AvgIpc) is 2.38. The van der Waals surface area contributed by atoms with Crippen molar-refractivity contribution in [2.75, 3.05) is 13.1 Å². The summed E-state index contributed by atoms with van der Waals surface area (Å²) in [4.78, 5) is 0. The lowest BCUT2D eigenvalue weighted by molar-refractivity contribution is 0.275. The van der Waals surface area contributed by atoms with Gasteiger partial charge in [0.1, 0.15) is 0 Å². The molecule has 1 aromatic carbocycles. The van der Waals surface area contributed by atoms with Crippen LogP contribution in [0.2, 0.25) is 0 Å². The zero-order valence-electron chi connectivity index (χ0n) is 15.1. The lowest BCUT2D eigenvalue weighted by atomic mass is 9.78. The fourth-order valence-electron chi connectivity index (χ4n) is 3.03. The van der Waals surface area contributed by atoms with Crippen LogP contribution in [0.1, 0.15) is 71.9 Å². The summed E-state index contributed by atoms with van der Waals surface area (Å²) in [5.74, 6) is 0. The minimum absolute atomic E-state index is 0.244. The fourth-order valence-corrected chi connectivity index (χ4v) is 3.03. The highest BCUT2D eigenvalue weighted by molar-refractivity contribution is 5.28. The van der Waals surface area contributed by atoms with Crippen molar-refractivity contribution in [3.8, 4) is 0 Å². The molecule has 0 spiro atoms. The third kappa shape index (κ3) is 6.22. The summed E-state index contributed by atoms with van der Waals surface area (Å²) >= 11 is 0. The van der Waals surface area contributed by atoms with E-state index in [2.05, 4.69) is 71.1 Å². The van der Waals surface area contributed by atoms with E-state index in [-0.39, 0.29) is 5.41 Å². The van der Waals surface area contributed by atoms with E-state index in [1.54, 1.807) is 0 Å². The molecule has 1 heteroatoms. The van der Waals surface area contributed by atoms with Gasteiger partial charge >= 0.3 is 0 Å². The predicted molar refractivity (Wildman–Crippen MR) is 95.0 cm³/mol. The van der Waals surface area contributed by atoms with Gasteiger partial charge in [0.05, 0.1) is 0 Å². The Hall–Kier alpha value is -0.820. The monoisotopic (exact) mass is 289 g/mol. The second-order valence-corrected chi connectivity index (χ2v) is 7.86. The molecular formula is C20H35N. The molecule has 0 aromatic heterocycles. The molecule has 0 saturated heterocycles. The highest BCUT2D eigenvalue weighted by Gasteiger charge is 2.23. The third-order valence-electron chi connectivity index (χ3n) is 4.28. The van der Waals surface area contributed by atoms with Crippen molar-refractivity contribution in [1.82, 2.24) is 5.32 Å². The Bertz CT molecular complexity index is 399. The molecule has 0 fully saturated rings. The van der Waals surface area contributed by atoms with Crippen LogP contribution in [0.3, 0.4) is 0 Å². The summed E-state index contributed by atoms with van der Waals surface area (Å²) in [5.41, 5.74) is 3.51. The normalized spacial score (nSPS) is 15.0. The van der Waals surface area contributed by atoms with E-state index >= 15 is 0 Å². The number of benzene rings is 1. The van der Waals surface area contributed by atoms with Gasteiger partial charge in [-0.3, -0.25) is 0 Å². The van der Waals surface area contributed by atoms with Gasteiger partial charge in [-0.15, -0.1) is 0 Å². The summed E-state index contributed by atoms with van der Waals surface area (Å²) < 4.78 is 0. The molecule has 1 aromatic rings. The van der Waals surface area contributed by atoms with Crippen molar-refractivity contribution >= 4 is 0 Å². The van der Waals surface area contributed by atoms with Crippen LogP contribution < -0.4 is 5.32 Å². The fraction of sp³-hybridized carbons (Fsp3) is 0.700. The molecule has 1 unspecified atom stereocenters. The van der Waals surface area contributed by atoms with Crippen LogP contribution in [0.5, 0.6) is 0 Å². The zero-order valence-corrected chi connectivity index (χ0v) is 15.1. The van der Waals surface area contributed by atoms with E-state index in [0.717, 1.165) is 13.1 Å². The van der Waals surface area contributed by atoms with Crippen LogP contribution in [0.15, 0.2) is 24.3 Å². The van der Waals surface area contributed by atoms with Gasteiger partial charge in [0.15, 0.2) is 0 Å². The standard InChI is InChI=1S/C20H35N/c1-7-13-20(6,16-21-14-8-2)15-17-9-11-18(12-10-17)19(3,4)5/h9-12,21H,7-8,13-16H2,1-6H3. The Morgan fingerprint density at radius 2 is 1.52 bits per heavy atom. The van der Waals surface area contributed by atoms with Gasteiger partial charge in [-0.25, -0.2) is 0 Å². The van der Waals surface area contributed by atoms with Gasteiger partial charge in [0, 0.05) is 6.54 Å². The van der Waals surface area contributed by atoms with E-state index in [0.29, 0.717) is 5.41 Å². The van der Waals surface area contributed by atoms with Crippen molar-refractivity contribution in [3.05, 3.63) is 35.4 Å². The molecule has 0 saturated carbocycles. The molecule has 0 heterocycles. The van der Waals surface area contributed by atoms with Crippen molar-refractivity contribution in [3.63, 3.8) is 0 Å². The lowest BCUT2D eigenvalue weighted by Gasteiger charge is -2.30. The summed E-state index contributed by atoms with van der Waals surface area (Å²) in [6.07, 6.45) is 4.92. The van der Waals surface area contributed by atoms with E-state index in [1.165, 1.54) is 36.8 Å². The van der Waals surface area contributed by atoms with Crippen LogP contribution >= 0.6 is 0 Å². The Balaban J connectivity index is 2.74. The Morgan fingerprint density at radius 3 is 2.00 bits per heavy atom. The minimum atomic E-state index is 0.244. The van der Waals surface area contributed by atoms with Gasteiger partial charge in [-0.05, 0) is 47.8 Å². The van der Waals surface area contributed by atoms with Gasteiger partial charge < -0.3 is 5.32 Å². The highest BCUT2D eigenvalue weighted by Crippen LogP contribution is 2.29. The van der Waals surface area contributed by atoms with Gasteiger partial charge in [-0.2, -0.15) is 0 Å². The molecule has 120 valence electrons. The Labute approximate surface area is 132 Å². The molecule has 0 aliphatic rings. The second kappa shape index (κ2) is 7.98. The quantitative estimate of drug-likeness (QED) is 0.638. The first-order valence-corrected chi connectivity index (χ1v) is 8.61. The Morgan fingerprint density at radius 1 is 0.905 bits per heavy atom. The minimum Gasteiger partial charge on any atom is -0.316 e. The molecule has 1 nitrogen and oxygen atoms in total. The van der Waals surface area contributed by atoms with Crippen molar-refractivity contribution in [1.29, 1.82) is 0 Å². The zero-order chi connectivity index (χ0) is 15.9. The van der Waals surface area contributed by atoms with Crippen molar-refractivity contribution < 1.29 is 0 Å². The number of hydrogen-bond acceptors (Lipinski definition) is 1. The van der Waals surface area contributed by atoms with E-state index in [1.807, 2.05) is 0 Å². The molecule has 1 atom stereocenters. The van der Waals surface area contributed by atoms with Gasteiger partial charge in [0.2, 0.25) is 0 Å². The second-order valence-electron chi connectivity index (χ2n) is 7.86. The molecule has 21 heavy (non-hydrogen) atoms. The van der Waals surface area contributed by atoms with Crippen molar-refractivity contribution in [2.45, 2.75) is 72.6 Å². The molecule has 0 amide bonds. The van der Waals surface area contributed by atoms with Gasteiger partial charge in [0.25, 0.3) is 0 Å². The lowest BCUT2D eigenvalue weighted by Crippen LogP contribution is -2.34. The van der Waals surface area contributed by atoms with Crippen LogP contribution in [0.4, 0.5) is 0 Å². The maximum atomic E-state index is 3.62. The molecule has 0 aliphatic carbocycles. The van der Waals surface area contributed by atoms with Crippen molar-refractivity contribution in [2.24, 2.45) is 5.41 Å². The molecule has 0 bridgehead atoms. The number of hydrogen-bond donors (Lipinski definition) is 1. The highest BCUT2D eigenvalue weighted by atomic mass is 14.9. The molecule has 0 radical (unpaired) electrons. The first-order chi connectivity index (χ1) is 9.80. The molecule has 0 aliphatic heterocycles. The Kier molecular flexibility index (Phi) is 6.93. The topological polar surface area (TPSA) is 12.0 Å². The largest absolute Gasteiger partial charge is 0.316 e. The van der Waals surface area contributed by atoms with Crippen LogP contribution in [0, 0.1) is 5.41 Å². The first kappa shape index (κ1) is 18.2. The van der Waals surface area contributed by atoms with E-state index in [9.17, 15) is 0 Å². The summed E-state index contributed by atoms with van der Waals surface area (Å²) in [5, 5.41) is 3.62. The number of rotatable bonds is 8.